The van der Waals surface area contributed by atoms with E-state index in [9.17, 15) is 4.79 Å². The highest BCUT2D eigenvalue weighted by atomic mass is 16.5. The van der Waals surface area contributed by atoms with E-state index in [2.05, 4.69) is 10.3 Å². The lowest BCUT2D eigenvalue weighted by Crippen LogP contribution is -2.20. The fraction of sp³-hybridized carbons (Fsp3) is 0.130. The van der Waals surface area contributed by atoms with Crippen molar-refractivity contribution in [1.29, 1.82) is 0 Å². The van der Waals surface area contributed by atoms with Gasteiger partial charge in [-0.1, -0.05) is 18.2 Å². The SMILES string of the molecule is Cc1cccc(OCC(=O)Nc2ccc(-c3nc4cc(C)ccc4o3)cc2)c1. The molecule has 4 rings (SSSR count). The number of aryl methyl sites for hydroxylation is 2. The number of hydrogen-bond acceptors (Lipinski definition) is 4. The largest absolute Gasteiger partial charge is 0.484 e. The maximum Gasteiger partial charge on any atom is 0.262 e. The Bertz CT molecular complexity index is 1130. The summed E-state index contributed by atoms with van der Waals surface area (Å²) in [6, 6.07) is 20.9. The minimum Gasteiger partial charge on any atom is -0.484 e. The van der Waals surface area contributed by atoms with Crippen LogP contribution in [-0.4, -0.2) is 17.5 Å². The predicted octanol–water partition coefficient (Wildman–Crippen LogP) is 5.13. The molecule has 0 fully saturated rings. The number of hydrogen-bond donors (Lipinski definition) is 1. The predicted molar refractivity (Wildman–Crippen MR) is 109 cm³/mol. The van der Waals surface area contributed by atoms with Crippen molar-refractivity contribution in [3.63, 3.8) is 0 Å². The van der Waals surface area contributed by atoms with Crippen LogP contribution in [0.15, 0.2) is 71.1 Å². The molecular formula is C23H20N2O3. The molecule has 0 radical (unpaired) electrons. The number of aromatic nitrogens is 1. The molecular weight excluding hydrogens is 352 g/mol. The summed E-state index contributed by atoms with van der Waals surface area (Å²) in [5.41, 5.74) is 5.35. The lowest BCUT2D eigenvalue weighted by Gasteiger charge is -2.08. The Kier molecular flexibility index (Phi) is 4.81. The molecule has 1 heterocycles. The van der Waals surface area contributed by atoms with E-state index in [-0.39, 0.29) is 12.5 Å². The van der Waals surface area contributed by atoms with Crippen LogP contribution < -0.4 is 10.1 Å². The minimum absolute atomic E-state index is 0.0459. The van der Waals surface area contributed by atoms with Gasteiger partial charge in [0.25, 0.3) is 5.91 Å². The Hall–Kier alpha value is -3.60. The van der Waals surface area contributed by atoms with Crippen LogP contribution in [0.4, 0.5) is 5.69 Å². The van der Waals surface area contributed by atoms with Crippen LogP contribution >= 0.6 is 0 Å². The molecule has 4 aromatic rings. The minimum atomic E-state index is -0.216. The summed E-state index contributed by atoms with van der Waals surface area (Å²) in [6.45, 7) is 3.95. The van der Waals surface area contributed by atoms with Gasteiger partial charge in [0.2, 0.25) is 5.89 Å². The lowest BCUT2D eigenvalue weighted by molar-refractivity contribution is -0.118. The topological polar surface area (TPSA) is 64.4 Å². The van der Waals surface area contributed by atoms with Gasteiger partial charge in [-0.3, -0.25) is 4.79 Å². The van der Waals surface area contributed by atoms with E-state index in [1.165, 1.54) is 0 Å². The number of ether oxygens (including phenoxy) is 1. The molecule has 1 amide bonds. The number of rotatable bonds is 5. The van der Waals surface area contributed by atoms with Gasteiger partial charge >= 0.3 is 0 Å². The first-order valence-corrected chi connectivity index (χ1v) is 9.04. The van der Waals surface area contributed by atoms with Crippen molar-refractivity contribution in [2.24, 2.45) is 0 Å². The first kappa shape index (κ1) is 17.8. The third kappa shape index (κ3) is 4.04. The number of amides is 1. The van der Waals surface area contributed by atoms with Crippen molar-refractivity contribution in [3.8, 4) is 17.2 Å². The second kappa shape index (κ2) is 7.56. The third-order valence-electron chi connectivity index (χ3n) is 4.32. The van der Waals surface area contributed by atoms with E-state index in [0.29, 0.717) is 17.3 Å². The summed E-state index contributed by atoms with van der Waals surface area (Å²) < 4.78 is 11.3. The standard InChI is InChI=1S/C23H20N2O3/c1-15-4-3-5-19(12-15)27-14-22(26)24-18-9-7-17(8-10-18)23-25-20-13-16(2)6-11-21(20)28-23/h3-13H,14H2,1-2H3,(H,24,26). The zero-order chi connectivity index (χ0) is 19.5. The molecule has 0 unspecified atom stereocenters. The van der Waals surface area contributed by atoms with Gasteiger partial charge in [-0.2, -0.15) is 0 Å². The van der Waals surface area contributed by atoms with E-state index < -0.39 is 0 Å². The fourth-order valence-electron chi connectivity index (χ4n) is 2.91. The third-order valence-corrected chi connectivity index (χ3v) is 4.32. The Morgan fingerprint density at radius 2 is 1.79 bits per heavy atom. The number of fused-ring (bicyclic) bond motifs is 1. The molecule has 5 nitrogen and oxygen atoms in total. The number of oxazole rings is 1. The van der Waals surface area contributed by atoms with Gasteiger partial charge in [-0.25, -0.2) is 4.98 Å². The molecule has 140 valence electrons. The highest BCUT2D eigenvalue weighted by Crippen LogP contribution is 2.26. The maximum absolute atomic E-state index is 12.1. The molecule has 0 aliphatic heterocycles. The molecule has 3 aromatic carbocycles. The summed E-state index contributed by atoms with van der Waals surface area (Å²) in [5, 5.41) is 2.82. The Balaban J connectivity index is 1.40. The van der Waals surface area contributed by atoms with Crippen molar-refractivity contribution in [3.05, 3.63) is 77.9 Å². The molecule has 0 aliphatic carbocycles. The van der Waals surface area contributed by atoms with Crippen LogP contribution in [0, 0.1) is 13.8 Å². The monoisotopic (exact) mass is 372 g/mol. The zero-order valence-electron chi connectivity index (χ0n) is 15.7. The molecule has 0 saturated carbocycles. The van der Waals surface area contributed by atoms with Gasteiger partial charge in [0.1, 0.15) is 11.3 Å². The number of anilines is 1. The van der Waals surface area contributed by atoms with Crippen LogP contribution in [0.3, 0.4) is 0 Å². The summed E-state index contributed by atoms with van der Waals surface area (Å²) >= 11 is 0. The van der Waals surface area contributed by atoms with Gasteiger partial charge in [0.15, 0.2) is 12.2 Å². The van der Waals surface area contributed by atoms with E-state index in [4.69, 9.17) is 9.15 Å². The molecule has 0 saturated heterocycles. The highest BCUT2D eigenvalue weighted by molar-refractivity contribution is 5.92. The molecule has 0 spiro atoms. The van der Waals surface area contributed by atoms with E-state index in [0.717, 1.165) is 27.8 Å². The van der Waals surface area contributed by atoms with Gasteiger partial charge < -0.3 is 14.5 Å². The quantitative estimate of drug-likeness (QED) is 0.527. The Labute approximate surface area is 163 Å². The molecule has 1 N–H and O–H groups in total. The normalized spacial score (nSPS) is 10.8. The van der Waals surface area contributed by atoms with Gasteiger partial charge in [-0.05, 0) is 73.5 Å². The van der Waals surface area contributed by atoms with Crippen LogP contribution in [0.2, 0.25) is 0 Å². The summed E-state index contributed by atoms with van der Waals surface area (Å²) in [5.74, 6) is 1.02. The van der Waals surface area contributed by atoms with Crippen molar-refractivity contribution in [1.82, 2.24) is 4.98 Å². The Morgan fingerprint density at radius 1 is 1.00 bits per heavy atom. The lowest BCUT2D eigenvalue weighted by atomic mass is 10.2. The van der Waals surface area contributed by atoms with Crippen molar-refractivity contribution in [2.45, 2.75) is 13.8 Å². The van der Waals surface area contributed by atoms with Crippen LogP contribution in [0.5, 0.6) is 5.75 Å². The summed E-state index contributed by atoms with van der Waals surface area (Å²) in [7, 11) is 0. The molecule has 0 bridgehead atoms. The van der Waals surface area contributed by atoms with Crippen molar-refractivity contribution >= 4 is 22.7 Å². The second-order valence-corrected chi connectivity index (χ2v) is 6.72. The fourth-order valence-corrected chi connectivity index (χ4v) is 2.91. The van der Waals surface area contributed by atoms with Gasteiger partial charge in [0.05, 0.1) is 0 Å². The molecule has 1 aromatic heterocycles. The average Bonchev–Trinajstić information content (AvgIpc) is 3.10. The average molecular weight is 372 g/mol. The van der Waals surface area contributed by atoms with Gasteiger partial charge in [0, 0.05) is 11.3 Å². The van der Waals surface area contributed by atoms with E-state index >= 15 is 0 Å². The van der Waals surface area contributed by atoms with Crippen molar-refractivity contribution in [2.75, 3.05) is 11.9 Å². The Morgan fingerprint density at radius 3 is 2.57 bits per heavy atom. The number of carbonyl (C=O) groups is 1. The molecule has 0 aliphatic rings. The maximum atomic E-state index is 12.1. The summed E-state index contributed by atoms with van der Waals surface area (Å²) in [6.07, 6.45) is 0. The van der Waals surface area contributed by atoms with Crippen LogP contribution in [0.25, 0.3) is 22.6 Å². The van der Waals surface area contributed by atoms with Crippen LogP contribution in [-0.2, 0) is 4.79 Å². The number of nitrogens with one attached hydrogen (secondary N) is 1. The first-order valence-electron chi connectivity index (χ1n) is 9.04. The van der Waals surface area contributed by atoms with Crippen molar-refractivity contribution < 1.29 is 13.9 Å². The first-order chi connectivity index (χ1) is 13.6. The zero-order valence-corrected chi connectivity index (χ0v) is 15.7. The van der Waals surface area contributed by atoms with Gasteiger partial charge in [-0.15, -0.1) is 0 Å². The summed E-state index contributed by atoms with van der Waals surface area (Å²) in [4.78, 5) is 16.6. The second-order valence-electron chi connectivity index (χ2n) is 6.72. The highest BCUT2D eigenvalue weighted by Gasteiger charge is 2.09. The molecule has 5 heteroatoms. The van der Waals surface area contributed by atoms with E-state index in [1.807, 2.05) is 80.6 Å². The number of carbonyl (C=O) groups excluding carboxylic acids is 1. The molecule has 28 heavy (non-hydrogen) atoms. The number of nitrogens with zero attached hydrogens (tertiary/aromatic N) is 1. The number of benzene rings is 3. The van der Waals surface area contributed by atoms with Crippen LogP contribution in [0.1, 0.15) is 11.1 Å². The van der Waals surface area contributed by atoms with E-state index in [1.54, 1.807) is 0 Å². The smallest absolute Gasteiger partial charge is 0.262 e. The molecule has 0 atom stereocenters.